The van der Waals surface area contributed by atoms with Crippen molar-refractivity contribution in [2.75, 3.05) is 44.2 Å². The second-order valence-corrected chi connectivity index (χ2v) is 6.24. The Labute approximate surface area is 127 Å². The minimum atomic E-state index is 0.747. The maximum atomic E-state index is 6.06. The van der Waals surface area contributed by atoms with E-state index in [1.807, 2.05) is 12.1 Å². The summed E-state index contributed by atoms with van der Waals surface area (Å²) in [6.07, 6.45) is 2.38. The van der Waals surface area contributed by atoms with Crippen LogP contribution in [0.4, 0.5) is 5.69 Å². The molecule has 2 rings (SSSR count). The van der Waals surface area contributed by atoms with Crippen molar-refractivity contribution in [1.82, 2.24) is 4.90 Å². The molecular formula is C16H26ClN3. The van der Waals surface area contributed by atoms with E-state index in [0.717, 1.165) is 50.1 Å². The molecule has 0 saturated carbocycles. The van der Waals surface area contributed by atoms with E-state index in [4.69, 9.17) is 17.3 Å². The number of piperazine rings is 1. The molecule has 2 N–H and O–H groups in total. The van der Waals surface area contributed by atoms with Crippen molar-refractivity contribution in [3.05, 3.63) is 29.3 Å². The first-order chi connectivity index (χ1) is 9.69. The number of nitrogens with two attached hydrogens (primary N) is 1. The number of rotatable bonds is 6. The average Bonchev–Trinajstić information content (AvgIpc) is 2.46. The lowest BCUT2D eigenvalue weighted by molar-refractivity contribution is 0.219. The van der Waals surface area contributed by atoms with E-state index < -0.39 is 0 Å². The monoisotopic (exact) mass is 295 g/mol. The van der Waals surface area contributed by atoms with Crippen molar-refractivity contribution in [1.29, 1.82) is 0 Å². The predicted molar refractivity (Wildman–Crippen MR) is 87.6 cm³/mol. The lowest BCUT2D eigenvalue weighted by atomic mass is 10.0. The Balaban J connectivity index is 1.77. The van der Waals surface area contributed by atoms with Gasteiger partial charge in [-0.3, -0.25) is 4.90 Å². The smallest absolute Gasteiger partial charge is 0.0426 e. The Morgan fingerprint density at radius 2 is 2.00 bits per heavy atom. The zero-order valence-electron chi connectivity index (χ0n) is 12.4. The predicted octanol–water partition coefficient (Wildman–Crippen LogP) is 2.84. The summed E-state index contributed by atoms with van der Waals surface area (Å²) in [5.74, 6) is 0.747. The van der Waals surface area contributed by atoms with Crippen LogP contribution in [0.15, 0.2) is 24.3 Å². The first-order valence-electron chi connectivity index (χ1n) is 7.62. The molecule has 1 aromatic rings. The molecule has 20 heavy (non-hydrogen) atoms. The minimum Gasteiger partial charge on any atom is -0.369 e. The molecule has 0 bridgehead atoms. The van der Waals surface area contributed by atoms with Crippen molar-refractivity contribution < 1.29 is 0 Å². The lowest BCUT2D eigenvalue weighted by Crippen LogP contribution is -2.47. The topological polar surface area (TPSA) is 32.5 Å². The van der Waals surface area contributed by atoms with E-state index in [1.165, 1.54) is 18.7 Å². The van der Waals surface area contributed by atoms with Gasteiger partial charge in [0, 0.05) is 43.4 Å². The summed E-state index contributed by atoms with van der Waals surface area (Å²) in [6, 6.07) is 8.16. The Hall–Kier alpha value is -0.770. The van der Waals surface area contributed by atoms with Crippen LogP contribution in [-0.2, 0) is 0 Å². The highest BCUT2D eigenvalue weighted by atomic mass is 35.5. The minimum absolute atomic E-state index is 0.747. The Bertz CT molecular complexity index is 402. The van der Waals surface area contributed by atoms with E-state index >= 15 is 0 Å². The van der Waals surface area contributed by atoms with Gasteiger partial charge in [0.25, 0.3) is 0 Å². The third-order valence-corrected chi connectivity index (χ3v) is 4.25. The van der Waals surface area contributed by atoms with Crippen molar-refractivity contribution in [3.8, 4) is 0 Å². The van der Waals surface area contributed by atoms with Crippen LogP contribution >= 0.6 is 11.6 Å². The molecule has 4 heteroatoms. The second kappa shape index (κ2) is 7.87. The molecule has 1 aliphatic heterocycles. The van der Waals surface area contributed by atoms with Crippen LogP contribution in [-0.4, -0.2) is 44.2 Å². The number of hydrogen-bond donors (Lipinski definition) is 1. The fraction of sp³-hybridized carbons (Fsp3) is 0.625. The first-order valence-corrected chi connectivity index (χ1v) is 8.00. The molecule has 0 radical (unpaired) electrons. The van der Waals surface area contributed by atoms with E-state index in [2.05, 4.69) is 28.9 Å². The summed E-state index contributed by atoms with van der Waals surface area (Å²) in [5, 5.41) is 0.820. The Kier molecular flexibility index (Phi) is 6.14. The molecule has 0 aromatic heterocycles. The van der Waals surface area contributed by atoms with Crippen molar-refractivity contribution in [3.63, 3.8) is 0 Å². The SMILES string of the molecule is CC(CCCN)CN1CCN(c2cccc(Cl)c2)CC1. The van der Waals surface area contributed by atoms with Crippen molar-refractivity contribution in [2.45, 2.75) is 19.8 Å². The second-order valence-electron chi connectivity index (χ2n) is 5.80. The summed E-state index contributed by atoms with van der Waals surface area (Å²) in [5.41, 5.74) is 6.82. The molecule has 1 atom stereocenters. The number of anilines is 1. The lowest BCUT2D eigenvalue weighted by Gasteiger charge is -2.37. The first kappa shape index (κ1) is 15.6. The van der Waals surface area contributed by atoms with E-state index in [0.29, 0.717) is 0 Å². The molecular weight excluding hydrogens is 270 g/mol. The van der Waals surface area contributed by atoms with Gasteiger partial charge in [-0.1, -0.05) is 24.6 Å². The van der Waals surface area contributed by atoms with Gasteiger partial charge in [-0.15, -0.1) is 0 Å². The molecule has 1 heterocycles. The van der Waals surface area contributed by atoms with Gasteiger partial charge in [-0.05, 0) is 43.5 Å². The van der Waals surface area contributed by atoms with Gasteiger partial charge in [-0.25, -0.2) is 0 Å². The van der Waals surface area contributed by atoms with Gasteiger partial charge in [-0.2, -0.15) is 0 Å². The van der Waals surface area contributed by atoms with Crippen LogP contribution in [0, 0.1) is 5.92 Å². The third-order valence-electron chi connectivity index (χ3n) is 4.02. The number of nitrogens with zero attached hydrogens (tertiary/aromatic N) is 2. The Morgan fingerprint density at radius 3 is 2.65 bits per heavy atom. The largest absolute Gasteiger partial charge is 0.369 e. The summed E-state index contributed by atoms with van der Waals surface area (Å²) in [7, 11) is 0. The molecule has 1 saturated heterocycles. The summed E-state index contributed by atoms with van der Waals surface area (Å²) in [6.45, 7) is 8.79. The van der Waals surface area contributed by atoms with Crippen LogP contribution in [0.25, 0.3) is 0 Å². The molecule has 0 amide bonds. The molecule has 0 aliphatic carbocycles. The van der Waals surface area contributed by atoms with Crippen LogP contribution in [0.1, 0.15) is 19.8 Å². The number of hydrogen-bond acceptors (Lipinski definition) is 3. The third kappa shape index (κ3) is 4.65. The maximum Gasteiger partial charge on any atom is 0.0426 e. The standard InChI is InChI=1S/C16H26ClN3/c1-14(4-3-7-18)13-19-8-10-20(11-9-19)16-6-2-5-15(17)12-16/h2,5-6,12,14H,3-4,7-11,13,18H2,1H3. The quantitative estimate of drug-likeness (QED) is 0.876. The van der Waals surface area contributed by atoms with Crippen LogP contribution < -0.4 is 10.6 Å². The van der Waals surface area contributed by atoms with Gasteiger partial charge in [0.15, 0.2) is 0 Å². The van der Waals surface area contributed by atoms with Crippen molar-refractivity contribution >= 4 is 17.3 Å². The van der Waals surface area contributed by atoms with E-state index in [-0.39, 0.29) is 0 Å². The van der Waals surface area contributed by atoms with E-state index in [9.17, 15) is 0 Å². The zero-order valence-corrected chi connectivity index (χ0v) is 13.1. The molecule has 3 nitrogen and oxygen atoms in total. The van der Waals surface area contributed by atoms with E-state index in [1.54, 1.807) is 0 Å². The molecule has 1 aliphatic rings. The number of halogens is 1. The molecule has 1 fully saturated rings. The highest BCUT2D eigenvalue weighted by molar-refractivity contribution is 6.30. The summed E-state index contributed by atoms with van der Waals surface area (Å²) < 4.78 is 0. The fourth-order valence-electron chi connectivity index (χ4n) is 2.86. The molecule has 0 spiro atoms. The van der Waals surface area contributed by atoms with Gasteiger partial charge < -0.3 is 10.6 Å². The van der Waals surface area contributed by atoms with Crippen molar-refractivity contribution in [2.24, 2.45) is 11.7 Å². The number of benzene rings is 1. The maximum absolute atomic E-state index is 6.06. The van der Waals surface area contributed by atoms with Gasteiger partial charge >= 0.3 is 0 Å². The highest BCUT2D eigenvalue weighted by Gasteiger charge is 2.18. The van der Waals surface area contributed by atoms with Crippen LogP contribution in [0.5, 0.6) is 0 Å². The molecule has 112 valence electrons. The summed E-state index contributed by atoms with van der Waals surface area (Å²) in [4.78, 5) is 5.00. The zero-order chi connectivity index (χ0) is 14.4. The fourth-order valence-corrected chi connectivity index (χ4v) is 3.04. The van der Waals surface area contributed by atoms with Gasteiger partial charge in [0.2, 0.25) is 0 Å². The van der Waals surface area contributed by atoms with Gasteiger partial charge in [0.05, 0.1) is 0 Å². The molecule has 1 unspecified atom stereocenters. The Morgan fingerprint density at radius 1 is 1.25 bits per heavy atom. The van der Waals surface area contributed by atoms with Gasteiger partial charge in [0.1, 0.15) is 0 Å². The summed E-state index contributed by atoms with van der Waals surface area (Å²) >= 11 is 6.06. The normalized spacial score (nSPS) is 18.2. The van der Waals surface area contributed by atoms with Crippen LogP contribution in [0.2, 0.25) is 5.02 Å². The van der Waals surface area contributed by atoms with Crippen LogP contribution in [0.3, 0.4) is 0 Å². The highest BCUT2D eigenvalue weighted by Crippen LogP contribution is 2.21. The average molecular weight is 296 g/mol. The molecule has 1 aromatic carbocycles.